The van der Waals surface area contributed by atoms with Gasteiger partial charge in [-0.1, -0.05) is 12.2 Å². The third-order valence-corrected chi connectivity index (χ3v) is 2.22. The molecular formula is C10H13FN2. The summed E-state index contributed by atoms with van der Waals surface area (Å²) < 4.78 is 2.11. The van der Waals surface area contributed by atoms with Crippen LogP contribution in [0.25, 0.3) is 12.2 Å². The predicted molar refractivity (Wildman–Crippen MR) is 53.1 cm³/mol. The molecule has 3 heteroatoms. The topological polar surface area (TPSA) is 17.8 Å². The monoisotopic (exact) mass is 180 g/mol. The zero-order valence-corrected chi connectivity index (χ0v) is 7.82. The van der Waals surface area contributed by atoms with Gasteiger partial charge < -0.3 is 4.57 Å². The van der Waals surface area contributed by atoms with Crippen LogP contribution in [-0.2, 0) is 7.05 Å². The van der Waals surface area contributed by atoms with Crippen molar-refractivity contribution in [2.45, 2.75) is 13.3 Å². The summed E-state index contributed by atoms with van der Waals surface area (Å²) in [6.45, 7) is 2.02. The van der Waals surface area contributed by atoms with Crippen molar-refractivity contribution in [3.8, 4) is 0 Å². The van der Waals surface area contributed by atoms with E-state index in [2.05, 4.69) is 33.9 Å². The smallest absolute Gasteiger partial charge is 0.106 e. The fourth-order valence-electron chi connectivity index (χ4n) is 1.41. The molecule has 1 aliphatic rings. The number of halogens is 1. The Morgan fingerprint density at radius 3 is 2.77 bits per heavy atom. The van der Waals surface area contributed by atoms with Gasteiger partial charge in [0, 0.05) is 7.05 Å². The Balaban J connectivity index is 0.000000845. The highest BCUT2D eigenvalue weighted by atomic mass is 19.0. The first kappa shape index (κ1) is 9.71. The highest BCUT2D eigenvalue weighted by Crippen LogP contribution is 2.16. The number of imidazole rings is 1. The lowest BCUT2D eigenvalue weighted by Crippen LogP contribution is -1.93. The van der Waals surface area contributed by atoms with Crippen LogP contribution in [0.3, 0.4) is 0 Å². The van der Waals surface area contributed by atoms with Gasteiger partial charge in [-0.2, -0.15) is 0 Å². The van der Waals surface area contributed by atoms with Crippen molar-refractivity contribution in [1.29, 1.82) is 0 Å². The van der Waals surface area contributed by atoms with Crippen LogP contribution in [0.1, 0.15) is 23.6 Å². The molecule has 0 fully saturated rings. The van der Waals surface area contributed by atoms with Gasteiger partial charge >= 0.3 is 0 Å². The number of aromatic nitrogens is 2. The van der Waals surface area contributed by atoms with Gasteiger partial charge in [-0.25, -0.2) is 4.98 Å². The molecule has 1 aliphatic carbocycles. The standard InChI is InChI=1S/C10H12N2.FH/c1-8-11-9-6-4-3-5-7-10(9)12(8)2;/h4-7H,3H2,1-2H3;1H. The fraction of sp³-hybridized carbons (Fsp3) is 0.300. The molecule has 13 heavy (non-hydrogen) atoms. The molecule has 0 aromatic carbocycles. The summed E-state index contributed by atoms with van der Waals surface area (Å²) in [5.41, 5.74) is 2.30. The fourth-order valence-corrected chi connectivity index (χ4v) is 1.41. The Labute approximate surface area is 77.0 Å². The maximum absolute atomic E-state index is 4.44. The van der Waals surface area contributed by atoms with E-state index in [-0.39, 0.29) is 4.70 Å². The number of hydrogen-bond acceptors (Lipinski definition) is 1. The number of nitrogens with zero attached hydrogens (tertiary/aromatic N) is 2. The lowest BCUT2D eigenvalue weighted by Gasteiger charge is -1.96. The Kier molecular flexibility index (Phi) is 2.66. The van der Waals surface area contributed by atoms with Crippen LogP contribution in [0.2, 0.25) is 0 Å². The molecule has 0 bridgehead atoms. The third-order valence-electron chi connectivity index (χ3n) is 2.22. The molecule has 1 heterocycles. The summed E-state index contributed by atoms with van der Waals surface area (Å²) >= 11 is 0. The normalized spacial score (nSPS) is 13.4. The predicted octanol–water partition coefficient (Wildman–Crippen LogP) is 2.31. The largest absolute Gasteiger partial charge is 0.331 e. The summed E-state index contributed by atoms with van der Waals surface area (Å²) in [5.74, 6) is 1.07. The van der Waals surface area contributed by atoms with Gasteiger partial charge in [0.1, 0.15) is 5.82 Å². The number of aryl methyl sites for hydroxylation is 1. The van der Waals surface area contributed by atoms with Crippen LogP contribution < -0.4 is 0 Å². The molecule has 0 N–H and O–H groups in total. The Hall–Kier alpha value is -1.38. The summed E-state index contributed by atoms with van der Waals surface area (Å²) in [6, 6.07) is 0. The minimum atomic E-state index is 0. The van der Waals surface area contributed by atoms with Crippen LogP contribution >= 0.6 is 0 Å². The van der Waals surface area contributed by atoms with E-state index in [4.69, 9.17) is 0 Å². The summed E-state index contributed by atoms with van der Waals surface area (Å²) in [4.78, 5) is 4.44. The second-order valence-electron chi connectivity index (χ2n) is 3.03. The van der Waals surface area contributed by atoms with Gasteiger partial charge in [-0.3, -0.25) is 4.70 Å². The highest BCUT2D eigenvalue weighted by molar-refractivity contribution is 5.62. The maximum Gasteiger partial charge on any atom is 0.106 e. The Morgan fingerprint density at radius 1 is 1.31 bits per heavy atom. The van der Waals surface area contributed by atoms with E-state index in [1.54, 1.807) is 0 Å². The van der Waals surface area contributed by atoms with Crippen molar-refractivity contribution in [3.63, 3.8) is 0 Å². The van der Waals surface area contributed by atoms with E-state index in [0.29, 0.717) is 0 Å². The average Bonchev–Trinajstić information content (AvgIpc) is 2.30. The van der Waals surface area contributed by atoms with Crippen LogP contribution in [0.15, 0.2) is 12.2 Å². The second kappa shape index (κ2) is 3.56. The summed E-state index contributed by atoms with van der Waals surface area (Å²) in [5, 5.41) is 0. The van der Waals surface area contributed by atoms with Crippen molar-refractivity contribution >= 4 is 12.2 Å². The molecular weight excluding hydrogens is 167 g/mol. The number of allylic oxidation sites excluding steroid dienone is 2. The van der Waals surface area contributed by atoms with Crippen LogP contribution in [0, 0.1) is 6.92 Å². The van der Waals surface area contributed by atoms with E-state index >= 15 is 0 Å². The van der Waals surface area contributed by atoms with E-state index in [1.807, 2.05) is 14.0 Å². The zero-order chi connectivity index (χ0) is 8.55. The maximum atomic E-state index is 4.44. The first-order valence-electron chi connectivity index (χ1n) is 4.15. The molecule has 0 aliphatic heterocycles. The van der Waals surface area contributed by atoms with Crippen LogP contribution in [0.5, 0.6) is 0 Å². The molecule has 1 aromatic rings. The summed E-state index contributed by atoms with van der Waals surface area (Å²) in [7, 11) is 2.05. The molecule has 0 saturated heterocycles. The van der Waals surface area contributed by atoms with Crippen LogP contribution in [0.4, 0.5) is 4.70 Å². The van der Waals surface area contributed by atoms with Gasteiger partial charge in [0.25, 0.3) is 0 Å². The van der Waals surface area contributed by atoms with E-state index in [9.17, 15) is 0 Å². The molecule has 2 nitrogen and oxygen atoms in total. The molecule has 0 radical (unpaired) electrons. The first-order valence-corrected chi connectivity index (χ1v) is 4.15. The Morgan fingerprint density at radius 2 is 2.00 bits per heavy atom. The van der Waals surface area contributed by atoms with E-state index in [0.717, 1.165) is 17.9 Å². The Bertz CT molecular complexity index is 361. The molecule has 0 spiro atoms. The van der Waals surface area contributed by atoms with E-state index in [1.165, 1.54) is 5.69 Å². The molecule has 1 aromatic heterocycles. The van der Waals surface area contributed by atoms with Crippen LogP contribution in [-0.4, -0.2) is 9.55 Å². The average molecular weight is 180 g/mol. The highest BCUT2D eigenvalue weighted by Gasteiger charge is 2.07. The van der Waals surface area contributed by atoms with Crippen molar-refractivity contribution in [2.24, 2.45) is 7.05 Å². The first-order chi connectivity index (χ1) is 5.79. The van der Waals surface area contributed by atoms with E-state index < -0.39 is 0 Å². The number of fused-ring (bicyclic) bond motifs is 1. The minimum absolute atomic E-state index is 0. The molecule has 0 unspecified atom stereocenters. The molecule has 0 atom stereocenters. The SMILES string of the molecule is Cc1nc2c(n1C)C=CCC=C2.F. The zero-order valence-electron chi connectivity index (χ0n) is 7.82. The quantitative estimate of drug-likeness (QED) is 0.599. The van der Waals surface area contributed by atoms with Gasteiger partial charge in [0.2, 0.25) is 0 Å². The van der Waals surface area contributed by atoms with Crippen molar-refractivity contribution in [3.05, 3.63) is 29.4 Å². The van der Waals surface area contributed by atoms with Crippen molar-refractivity contribution in [2.75, 3.05) is 0 Å². The molecule has 0 amide bonds. The molecule has 0 saturated carbocycles. The van der Waals surface area contributed by atoms with Crippen molar-refractivity contribution in [1.82, 2.24) is 9.55 Å². The van der Waals surface area contributed by atoms with Gasteiger partial charge in [-0.15, -0.1) is 0 Å². The second-order valence-corrected chi connectivity index (χ2v) is 3.03. The number of hydrogen-bond donors (Lipinski definition) is 0. The molecule has 70 valence electrons. The minimum Gasteiger partial charge on any atom is -0.331 e. The van der Waals surface area contributed by atoms with Gasteiger partial charge in [0.05, 0.1) is 11.4 Å². The number of rotatable bonds is 0. The summed E-state index contributed by atoms with van der Waals surface area (Å²) in [6.07, 6.45) is 9.52. The third kappa shape index (κ3) is 1.54. The lowest BCUT2D eigenvalue weighted by atomic mass is 10.3. The van der Waals surface area contributed by atoms with Gasteiger partial charge in [-0.05, 0) is 25.5 Å². The molecule has 2 rings (SSSR count). The van der Waals surface area contributed by atoms with Gasteiger partial charge in [0.15, 0.2) is 0 Å². The lowest BCUT2D eigenvalue weighted by molar-refractivity contribution is 0.849. The van der Waals surface area contributed by atoms with Crippen molar-refractivity contribution < 1.29 is 4.70 Å².